The van der Waals surface area contributed by atoms with Gasteiger partial charge in [0.1, 0.15) is 23.4 Å². The van der Waals surface area contributed by atoms with Gasteiger partial charge in [0.15, 0.2) is 5.65 Å². The molecule has 0 spiro atoms. The number of aromatic nitrogens is 7. The van der Waals surface area contributed by atoms with E-state index in [9.17, 15) is 4.79 Å². The molecular weight excluding hydrogens is 604 g/mol. The molecule has 12 nitrogen and oxygen atoms in total. The van der Waals surface area contributed by atoms with Crippen LogP contribution in [-0.2, 0) is 12.0 Å². The van der Waals surface area contributed by atoms with Crippen molar-refractivity contribution < 1.29 is 9.53 Å². The zero-order valence-electron chi connectivity index (χ0n) is 28.6. The summed E-state index contributed by atoms with van der Waals surface area (Å²) in [4.78, 5) is 15.9. The van der Waals surface area contributed by atoms with Gasteiger partial charge in [-0.15, -0.1) is 10.2 Å². The number of amides is 2. The molecule has 5 heterocycles. The van der Waals surface area contributed by atoms with E-state index in [0.717, 1.165) is 85.0 Å². The maximum Gasteiger partial charge on any atom is 0.320 e. The number of carbonyl (C=O) groups excluding carboxylic acids is 1. The van der Waals surface area contributed by atoms with Crippen LogP contribution in [0.15, 0.2) is 61.1 Å². The highest BCUT2D eigenvalue weighted by atomic mass is 16.5. The number of hydrogen-bond donors (Lipinski definition) is 2. The molecule has 0 saturated carbocycles. The molecule has 1 fully saturated rings. The van der Waals surface area contributed by atoms with Gasteiger partial charge in [0.2, 0.25) is 5.95 Å². The van der Waals surface area contributed by atoms with Crippen molar-refractivity contribution >= 4 is 23.4 Å². The highest BCUT2D eigenvalue weighted by Gasteiger charge is 2.31. The highest BCUT2D eigenvalue weighted by molar-refractivity contribution is 5.89. The summed E-state index contributed by atoms with van der Waals surface area (Å²) in [6.45, 7) is 12.5. The van der Waals surface area contributed by atoms with Crippen LogP contribution >= 0.6 is 0 Å². The molecule has 2 amide bonds. The molecule has 252 valence electrons. The van der Waals surface area contributed by atoms with E-state index in [2.05, 4.69) is 77.6 Å². The number of rotatable bonds is 8. The lowest BCUT2D eigenvalue weighted by atomic mass is 9.85. The van der Waals surface area contributed by atoms with E-state index < -0.39 is 0 Å². The van der Waals surface area contributed by atoms with Gasteiger partial charge in [0.25, 0.3) is 0 Å². The Morgan fingerprint density at radius 2 is 1.85 bits per heavy atom. The average Bonchev–Trinajstić information content (AvgIpc) is 3.81. The fourth-order valence-corrected chi connectivity index (χ4v) is 6.86. The first kappa shape index (κ1) is 31.7. The number of ether oxygens (including phenoxy) is 1. The zero-order chi connectivity index (χ0) is 33.4. The predicted molar refractivity (Wildman–Crippen MR) is 186 cm³/mol. The number of urea groups is 1. The number of nitrogens with one attached hydrogen (secondary N) is 2. The molecule has 2 aliphatic rings. The number of benzene rings is 1. The molecule has 4 aromatic heterocycles. The molecular formula is C36H46N10O2. The van der Waals surface area contributed by atoms with Crippen LogP contribution in [0, 0.1) is 0 Å². The van der Waals surface area contributed by atoms with Gasteiger partial charge in [-0.25, -0.2) is 9.48 Å². The van der Waals surface area contributed by atoms with Crippen molar-refractivity contribution in [2.45, 2.75) is 103 Å². The van der Waals surface area contributed by atoms with E-state index in [1.54, 1.807) is 10.9 Å². The first-order valence-corrected chi connectivity index (χ1v) is 17.3. The summed E-state index contributed by atoms with van der Waals surface area (Å²) < 4.78 is 12.4. The number of fused-ring (bicyclic) bond motifs is 2. The topological polar surface area (TPSA) is 119 Å². The minimum Gasteiger partial charge on any atom is -0.484 e. The molecule has 0 bridgehead atoms. The van der Waals surface area contributed by atoms with Crippen molar-refractivity contribution in [1.29, 1.82) is 0 Å². The van der Waals surface area contributed by atoms with Gasteiger partial charge in [0, 0.05) is 30.6 Å². The summed E-state index contributed by atoms with van der Waals surface area (Å²) in [6.07, 6.45) is 11.6. The van der Waals surface area contributed by atoms with E-state index in [0.29, 0.717) is 11.9 Å². The third-order valence-electron chi connectivity index (χ3n) is 9.47. The van der Waals surface area contributed by atoms with Crippen molar-refractivity contribution in [2.24, 2.45) is 0 Å². The van der Waals surface area contributed by atoms with Crippen LogP contribution < -0.4 is 20.3 Å². The maximum atomic E-state index is 13.6. The van der Waals surface area contributed by atoms with Gasteiger partial charge < -0.3 is 15.0 Å². The van der Waals surface area contributed by atoms with Crippen LogP contribution in [-0.4, -0.2) is 52.8 Å². The van der Waals surface area contributed by atoms with Crippen LogP contribution in [0.1, 0.15) is 102 Å². The van der Waals surface area contributed by atoms with Gasteiger partial charge in [0.05, 0.1) is 30.3 Å². The molecule has 48 heavy (non-hydrogen) atoms. The van der Waals surface area contributed by atoms with Crippen molar-refractivity contribution in [1.82, 2.24) is 39.5 Å². The number of pyridine rings is 1. The lowest BCUT2D eigenvalue weighted by Crippen LogP contribution is -2.38. The minimum atomic E-state index is -0.283. The molecule has 1 aliphatic heterocycles. The Hall–Kier alpha value is -4.87. The summed E-state index contributed by atoms with van der Waals surface area (Å²) in [7, 11) is 0. The maximum absolute atomic E-state index is 13.6. The van der Waals surface area contributed by atoms with E-state index in [1.807, 2.05) is 51.8 Å². The Kier molecular flexibility index (Phi) is 8.57. The summed E-state index contributed by atoms with van der Waals surface area (Å²) in [5.41, 5.74) is 4.43. The second-order valence-corrected chi connectivity index (χ2v) is 14.1. The van der Waals surface area contributed by atoms with Crippen LogP contribution in [0.3, 0.4) is 0 Å². The number of carbonyl (C=O) groups is 1. The minimum absolute atomic E-state index is 0.149. The van der Waals surface area contributed by atoms with Gasteiger partial charge >= 0.3 is 6.03 Å². The quantitative estimate of drug-likeness (QED) is 0.186. The second-order valence-electron chi connectivity index (χ2n) is 14.1. The Bertz CT molecular complexity index is 1900. The number of anilines is 2. The van der Waals surface area contributed by atoms with Crippen molar-refractivity contribution in [3.05, 3.63) is 77.9 Å². The van der Waals surface area contributed by atoms with Crippen LogP contribution in [0.25, 0.3) is 11.3 Å². The van der Waals surface area contributed by atoms with Crippen molar-refractivity contribution in [3.8, 4) is 11.4 Å². The first-order chi connectivity index (χ1) is 23.2. The monoisotopic (exact) mass is 650 g/mol. The van der Waals surface area contributed by atoms with Gasteiger partial charge in [-0.1, -0.05) is 52.0 Å². The van der Waals surface area contributed by atoms with Crippen molar-refractivity contribution in [3.63, 3.8) is 0 Å². The van der Waals surface area contributed by atoms with E-state index in [4.69, 9.17) is 9.84 Å². The molecule has 2 N–H and O–H groups in total. The van der Waals surface area contributed by atoms with Gasteiger partial charge in [-0.3, -0.25) is 14.4 Å². The van der Waals surface area contributed by atoms with E-state index >= 15 is 0 Å². The molecule has 12 heteroatoms. The standard InChI is InChI=1S/C36H46N10O2/c1-6-18-43-22-25(21-37-43)46-33(20-31(42-46)36(3,4)5)39-34(47)38-29-15-16-30(28-13-8-7-12-27(28)29)48-26-14-17-32-40-41-35(45(32)23-26)44-19-10-9-11-24(44)2/h7-8,12-14,17,20-24,29-30H,6,9-11,15-16,18-19H2,1-5H3,(H2,38,39,47)/t24-,29+,30?/m1/s1. The van der Waals surface area contributed by atoms with Gasteiger partial charge in [-0.05, 0) is 68.7 Å². The summed E-state index contributed by atoms with van der Waals surface area (Å²) in [5.74, 6) is 2.23. The molecule has 1 unspecified atom stereocenters. The number of piperidine rings is 1. The normalized spacial score (nSPS) is 19.7. The first-order valence-electron chi connectivity index (χ1n) is 17.3. The van der Waals surface area contributed by atoms with E-state index in [1.165, 1.54) is 6.42 Å². The van der Waals surface area contributed by atoms with Crippen LogP contribution in [0.4, 0.5) is 16.6 Å². The average molecular weight is 651 g/mol. The molecule has 1 saturated heterocycles. The highest BCUT2D eigenvalue weighted by Crippen LogP contribution is 2.39. The zero-order valence-corrected chi connectivity index (χ0v) is 28.6. The molecule has 3 atom stereocenters. The largest absolute Gasteiger partial charge is 0.484 e. The Balaban J connectivity index is 1.08. The molecule has 5 aromatic rings. The summed E-state index contributed by atoms with van der Waals surface area (Å²) in [5, 5.41) is 24.6. The smallest absolute Gasteiger partial charge is 0.320 e. The molecule has 0 radical (unpaired) electrons. The summed E-state index contributed by atoms with van der Waals surface area (Å²) >= 11 is 0. The Labute approximate surface area is 281 Å². The van der Waals surface area contributed by atoms with Gasteiger partial charge in [-0.2, -0.15) is 10.2 Å². The fraction of sp³-hybridized carbons (Fsp3) is 0.472. The molecule has 1 aliphatic carbocycles. The molecule has 7 rings (SSSR count). The number of aryl methyl sites for hydroxylation is 1. The van der Waals surface area contributed by atoms with Crippen molar-refractivity contribution in [2.75, 3.05) is 16.8 Å². The lowest BCUT2D eigenvalue weighted by molar-refractivity contribution is 0.171. The van der Waals surface area contributed by atoms with Crippen LogP contribution in [0.5, 0.6) is 5.75 Å². The predicted octanol–water partition coefficient (Wildman–Crippen LogP) is 6.97. The fourth-order valence-electron chi connectivity index (χ4n) is 6.86. The SMILES string of the molecule is CCCn1cc(-n2nc(C(C)(C)C)cc2NC(=O)N[C@H]2CCC(Oc3ccc4nnc(N5CCCC[C@H]5C)n4c3)c3ccccc32)cn1. The Morgan fingerprint density at radius 3 is 2.65 bits per heavy atom. The second kappa shape index (κ2) is 13.0. The Morgan fingerprint density at radius 1 is 1.02 bits per heavy atom. The number of hydrogen-bond acceptors (Lipinski definition) is 7. The molecule has 1 aromatic carbocycles. The third kappa shape index (κ3) is 6.35. The summed E-state index contributed by atoms with van der Waals surface area (Å²) in [6, 6.07) is 14.1. The lowest BCUT2D eigenvalue weighted by Gasteiger charge is -2.33. The third-order valence-corrected chi connectivity index (χ3v) is 9.47. The van der Waals surface area contributed by atoms with Crippen LogP contribution in [0.2, 0.25) is 0 Å². The van der Waals surface area contributed by atoms with E-state index in [-0.39, 0.29) is 23.6 Å². The number of nitrogens with zero attached hydrogens (tertiary/aromatic N) is 8.